The maximum Gasteiger partial charge on any atom is 0.224 e. The van der Waals surface area contributed by atoms with Gasteiger partial charge in [0.1, 0.15) is 0 Å². The molecule has 1 aromatic rings. The minimum atomic E-state index is -1.00. The van der Waals surface area contributed by atoms with Gasteiger partial charge in [0.2, 0.25) is 5.91 Å². The topological polar surface area (TPSA) is 20.3 Å². The third-order valence-electron chi connectivity index (χ3n) is 3.22. The Balaban J connectivity index is 0.00000441. The number of nitrogens with zero attached hydrogens (tertiary/aromatic N) is 1. The first kappa shape index (κ1) is 21.8. The van der Waals surface area contributed by atoms with Gasteiger partial charge in [0.25, 0.3) is 0 Å². The number of anilines is 1. The van der Waals surface area contributed by atoms with Gasteiger partial charge >= 0.3 is 0 Å². The van der Waals surface area contributed by atoms with Crippen molar-refractivity contribution in [3.05, 3.63) is 29.8 Å². The molecule has 0 aliphatic rings. The average molecular weight is 385 g/mol. The number of rotatable bonds is 7. The molecule has 0 aromatic heterocycles. The Hall–Kier alpha value is -0.156. The summed E-state index contributed by atoms with van der Waals surface area (Å²) >= 11 is 11.7. The Morgan fingerprint density at radius 1 is 1.32 bits per heavy atom. The molecule has 0 atom stereocenters. The van der Waals surface area contributed by atoms with E-state index < -0.39 is 17.0 Å². The van der Waals surface area contributed by atoms with Crippen LogP contribution in [0.4, 0.5) is 14.5 Å². The van der Waals surface area contributed by atoms with Crippen molar-refractivity contribution in [2.24, 2.45) is 5.41 Å². The second-order valence-corrected chi connectivity index (χ2v) is 5.68. The van der Waals surface area contributed by atoms with Crippen LogP contribution < -0.4 is 4.90 Å². The molecule has 0 unspecified atom stereocenters. The van der Waals surface area contributed by atoms with Crippen molar-refractivity contribution in [2.45, 2.75) is 26.7 Å². The van der Waals surface area contributed by atoms with Crippen LogP contribution in [0, 0.1) is 23.1 Å². The minimum Gasteiger partial charge on any atom is -0.363 e. The van der Waals surface area contributed by atoms with Gasteiger partial charge in [0.05, 0.1) is 5.41 Å². The Kier molecular flexibility index (Phi) is 9.80. The van der Waals surface area contributed by atoms with Crippen molar-refractivity contribution < 1.29 is 35.3 Å². The first-order valence-electron chi connectivity index (χ1n) is 6.70. The number of halogens is 4. The van der Waals surface area contributed by atoms with Gasteiger partial charge < -0.3 is 4.90 Å². The molecule has 0 radical (unpaired) electrons. The molecule has 122 valence electrons. The number of hydrogen-bond donors (Lipinski definition) is 0. The molecule has 1 aromatic carbocycles. The molecule has 0 aliphatic heterocycles. The van der Waals surface area contributed by atoms with Crippen molar-refractivity contribution in [3.63, 3.8) is 0 Å². The van der Waals surface area contributed by atoms with E-state index in [-0.39, 0.29) is 45.1 Å². The molecular formula is C15H18Cl2F2NOTi-. The zero-order valence-corrected chi connectivity index (χ0v) is 15.6. The molecule has 0 heterocycles. The van der Waals surface area contributed by atoms with E-state index in [1.807, 2.05) is 13.0 Å². The van der Waals surface area contributed by atoms with Crippen molar-refractivity contribution in [3.8, 4) is 0 Å². The summed E-state index contributed by atoms with van der Waals surface area (Å²) in [4.78, 5) is 13.9. The fourth-order valence-electron chi connectivity index (χ4n) is 1.77. The molecule has 0 saturated carbocycles. The van der Waals surface area contributed by atoms with Crippen LogP contribution in [0.25, 0.3) is 0 Å². The summed E-state index contributed by atoms with van der Waals surface area (Å²) < 4.78 is 26.9. The largest absolute Gasteiger partial charge is 0.363 e. The van der Waals surface area contributed by atoms with E-state index in [9.17, 15) is 13.6 Å². The molecule has 0 aliphatic carbocycles. The van der Waals surface area contributed by atoms with Crippen molar-refractivity contribution in [1.82, 2.24) is 0 Å². The molecular weight excluding hydrogens is 367 g/mol. The van der Waals surface area contributed by atoms with Crippen LogP contribution in [0.5, 0.6) is 0 Å². The van der Waals surface area contributed by atoms with Gasteiger partial charge in [0.15, 0.2) is 0 Å². The van der Waals surface area contributed by atoms with E-state index in [0.29, 0.717) is 13.0 Å². The molecule has 0 spiro atoms. The third kappa shape index (κ3) is 5.19. The summed E-state index contributed by atoms with van der Waals surface area (Å²) in [5, 5.41) is 0. The van der Waals surface area contributed by atoms with Crippen molar-refractivity contribution in [1.29, 1.82) is 0 Å². The van der Waals surface area contributed by atoms with Gasteiger partial charge in [-0.3, -0.25) is 4.79 Å². The van der Waals surface area contributed by atoms with Crippen LogP contribution in [-0.2, 0) is 26.5 Å². The van der Waals surface area contributed by atoms with Crippen LogP contribution in [0.2, 0.25) is 0 Å². The fourth-order valence-corrected chi connectivity index (χ4v) is 2.28. The molecule has 22 heavy (non-hydrogen) atoms. The summed E-state index contributed by atoms with van der Waals surface area (Å²) in [5.74, 6) is -2.04. The first-order valence-corrected chi connectivity index (χ1v) is 7.77. The van der Waals surface area contributed by atoms with Gasteiger partial charge in [-0.15, -0.1) is 41.4 Å². The summed E-state index contributed by atoms with van der Waals surface area (Å²) in [7, 11) is 0. The number of hydrogen-bond acceptors (Lipinski definition) is 1. The van der Waals surface area contributed by atoms with Crippen LogP contribution in [0.3, 0.4) is 0 Å². The summed E-state index contributed by atoms with van der Waals surface area (Å²) in [6.07, 6.45) is 1.51. The Bertz CT molecular complexity index is 498. The number of amides is 1. The van der Waals surface area contributed by atoms with Crippen LogP contribution in [0.1, 0.15) is 26.7 Å². The number of alkyl halides is 2. The number of unbranched alkanes of at least 4 members (excludes halogenated alkanes) is 1. The van der Waals surface area contributed by atoms with E-state index in [2.05, 4.69) is 0 Å². The third-order valence-corrected chi connectivity index (χ3v) is 4.40. The Morgan fingerprint density at radius 3 is 2.36 bits per heavy atom. The predicted molar refractivity (Wildman–Crippen MR) is 82.0 cm³/mol. The normalized spacial score (nSPS) is 11.0. The average Bonchev–Trinajstić information content (AvgIpc) is 2.48. The Morgan fingerprint density at radius 2 is 1.91 bits per heavy atom. The molecule has 7 heteroatoms. The summed E-state index contributed by atoms with van der Waals surface area (Å²) in [5.41, 5.74) is -1.01. The molecule has 0 fully saturated rings. The minimum absolute atomic E-state index is 0. The standard InChI is InChI=1S/C15H18Cl2F2NO.Ti/c1-3-4-7-20(14(21)15(2,9-16)10-17)13-6-5-11(18)8-12(13)19;/h5-6H,3-4,7,9-10H2,1-2H3;/q-1;. The maximum absolute atomic E-state index is 13.9. The summed E-state index contributed by atoms with van der Waals surface area (Å²) in [6.45, 7) is 3.90. The number of benzene rings is 1. The smallest absolute Gasteiger partial charge is 0.224 e. The molecule has 1 rings (SSSR count). The SMILES string of the molecule is CCCCN(C(=O)C(C)(CCl)CCl)c1ccc(F)[c-]c1F.[Ti]. The molecule has 1 amide bonds. The first-order chi connectivity index (χ1) is 9.89. The van der Waals surface area contributed by atoms with Gasteiger partial charge in [-0.2, -0.15) is 0 Å². The zero-order valence-electron chi connectivity index (χ0n) is 12.6. The monoisotopic (exact) mass is 384 g/mol. The fraction of sp³-hybridized carbons (Fsp3) is 0.533. The van der Waals surface area contributed by atoms with Crippen molar-refractivity contribution in [2.75, 3.05) is 23.2 Å². The predicted octanol–water partition coefficient (Wildman–Crippen LogP) is 4.38. The molecule has 0 saturated heterocycles. The van der Waals surface area contributed by atoms with Crippen LogP contribution in [0.15, 0.2) is 12.1 Å². The van der Waals surface area contributed by atoms with Gasteiger partial charge in [-0.25, -0.2) is 8.78 Å². The van der Waals surface area contributed by atoms with Crippen LogP contribution >= 0.6 is 23.2 Å². The second-order valence-electron chi connectivity index (χ2n) is 5.14. The number of carbonyl (C=O) groups is 1. The zero-order chi connectivity index (χ0) is 16.0. The second kappa shape index (κ2) is 9.87. The summed E-state index contributed by atoms with van der Waals surface area (Å²) in [6, 6.07) is 4.25. The van der Waals surface area contributed by atoms with E-state index in [1.165, 1.54) is 11.0 Å². The molecule has 2 nitrogen and oxygen atoms in total. The molecule has 0 bridgehead atoms. The van der Waals surface area contributed by atoms with Gasteiger partial charge in [-0.1, -0.05) is 13.3 Å². The Labute approximate surface area is 155 Å². The van der Waals surface area contributed by atoms with Crippen molar-refractivity contribution >= 4 is 34.8 Å². The molecule has 0 N–H and O–H groups in total. The van der Waals surface area contributed by atoms with E-state index in [1.54, 1.807) is 6.92 Å². The van der Waals surface area contributed by atoms with E-state index >= 15 is 0 Å². The van der Waals surface area contributed by atoms with E-state index in [0.717, 1.165) is 12.5 Å². The maximum atomic E-state index is 13.9. The quantitative estimate of drug-likeness (QED) is 0.388. The number of carbonyl (C=O) groups excluding carboxylic acids is 1. The van der Waals surface area contributed by atoms with Crippen LogP contribution in [-0.4, -0.2) is 24.2 Å². The van der Waals surface area contributed by atoms with Gasteiger partial charge in [0, 0.05) is 51.7 Å². The van der Waals surface area contributed by atoms with E-state index in [4.69, 9.17) is 23.2 Å². The van der Waals surface area contributed by atoms with Gasteiger partial charge in [-0.05, 0) is 19.0 Å².